The maximum Gasteiger partial charge on any atom is 0.127 e. The van der Waals surface area contributed by atoms with E-state index in [0.717, 1.165) is 5.56 Å². The fraction of sp³-hybridized carbons (Fsp3) is 0.222. The second-order valence-corrected chi connectivity index (χ2v) is 2.66. The van der Waals surface area contributed by atoms with Crippen molar-refractivity contribution >= 4 is 5.71 Å². The molecule has 1 rings (SSSR count). The van der Waals surface area contributed by atoms with Gasteiger partial charge in [-0.25, -0.2) is 0 Å². The van der Waals surface area contributed by atoms with Crippen molar-refractivity contribution in [2.45, 2.75) is 13.8 Å². The molecule has 0 amide bonds. The highest BCUT2D eigenvalue weighted by Crippen LogP contribution is 2.21. The minimum atomic E-state index is 0.174. The Morgan fingerprint density at radius 1 is 1.42 bits per heavy atom. The van der Waals surface area contributed by atoms with Crippen molar-refractivity contribution in [3.8, 4) is 5.75 Å². The molecule has 0 heterocycles. The zero-order valence-corrected chi connectivity index (χ0v) is 7.07. The van der Waals surface area contributed by atoms with E-state index in [0.29, 0.717) is 11.3 Å². The first-order valence-electron chi connectivity index (χ1n) is 3.64. The number of rotatable bonds is 1. The molecule has 64 valence electrons. The maximum atomic E-state index is 9.51. The summed E-state index contributed by atoms with van der Waals surface area (Å²) >= 11 is 0. The van der Waals surface area contributed by atoms with Crippen LogP contribution in [0.25, 0.3) is 0 Å². The number of phenols is 1. The zero-order chi connectivity index (χ0) is 9.14. The van der Waals surface area contributed by atoms with Crippen LogP contribution in [-0.4, -0.2) is 16.0 Å². The number of nitrogens with zero attached hydrogens (tertiary/aromatic N) is 1. The van der Waals surface area contributed by atoms with Crippen LogP contribution in [0.5, 0.6) is 5.75 Å². The standard InChI is InChI=1S/C9H11NO2/c1-6-4-3-5-8(9(6)11)7(2)10-12/h3-5,11-12H,1-2H3/b10-7+. The van der Waals surface area contributed by atoms with E-state index in [9.17, 15) is 5.11 Å². The summed E-state index contributed by atoms with van der Waals surface area (Å²) in [7, 11) is 0. The summed E-state index contributed by atoms with van der Waals surface area (Å²) in [5.41, 5.74) is 1.75. The van der Waals surface area contributed by atoms with Crippen LogP contribution in [0.4, 0.5) is 0 Å². The number of aryl methyl sites for hydroxylation is 1. The summed E-state index contributed by atoms with van der Waals surface area (Å²) in [6.45, 7) is 3.43. The van der Waals surface area contributed by atoms with Crippen LogP contribution >= 0.6 is 0 Å². The Bertz CT molecular complexity index is 318. The fourth-order valence-corrected chi connectivity index (χ4v) is 1.00. The Labute approximate surface area is 71.0 Å². The molecule has 1 aromatic carbocycles. The molecular formula is C9H11NO2. The molecule has 0 spiro atoms. The predicted octanol–water partition coefficient (Wildman–Crippen LogP) is 1.90. The van der Waals surface area contributed by atoms with Crippen LogP contribution in [0.1, 0.15) is 18.1 Å². The Kier molecular flexibility index (Phi) is 2.33. The van der Waals surface area contributed by atoms with E-state index in [1.807, 2.05) is 0 Å². The van der Waals surface area contributed by atoms with Crippen LogP contribution in [-0.2, 0) is 0 Å². The lowest BCUT2D eigenvalue weighted by molar-refractivity contribution is 0.318. The molecule has 3 heteroatoms. The van der Waals surface area contributed by atoms with Gasteiger partial charge in [-0.15, -0.1) is 0 Å². The van der Waals surface area contributed by atoms with E-state index in [4.69, 9.17) is 5.21 Å². The molecule has 0 aliphatic heterocycles. The summed E-state index contributed by atoms with van der Waals surface area (Å²) in [4.78, 5) is 0. The van der Waals surface area contributed by atoms with Crippen molar-refractivity contribution < 1.29 is 10.3 Å². The number of oxime groups is 1. The Balaban J connectivity index is 3.26. The van der Waals surface area contributed by atoms with Crippen molar-refractivity contribution in [2.24, 2.45) is 5.16 Å². The predicted molar refractivity (Wildman–Crippen MR) is 46.8 cm³/mol. The lowest BCUT2D eigenvalue weighted by atomic mass is 10.1. The van der Waals surface area contributed by atoms with Crippen LogP contribution in [0.2, 0.25) is 0 Å². The SMILES string of the molecule is C/C(=N\O)c1cccc(C)c1O. The van der Waals surface area contributed by atoms with Gasteiger partial charge < -0.3 is 10.3 Å². The van der Waals surface area contributed by atoms with Crippen molar-refractivity contribution in [1.82, 2.24) is 0 Å². The largest absolute Gasteiger partial charge is 0.507 e. The van der Waals surface area contributed by atoms with Gasteiger partial charge in [-0.05, 0) is 25.5 Å². The quantitative estimate of drug-likeness (QED) is 0.379. The molecule has 12 heavy (non-hydrogen) atoms. The van der Waals surface area contributed by atoms with Gasteiger partial charge in [-0.2, -0.15) is 0 Å². The number of hydrogen-bond donors (Lipinski definition) is 2. The summed E-state index contributed by atoms with van der Waals surface area (Å²) in [5.74, 6) is 0.174. The summed E-state index contributed by atoms with van der Waals surface area (Å²) in [5, 5.41) is 21.0. The van der Waals surface area contributed by atoms with Gasteiger partial charge in [0.25, 0.3) is 0 Å². The lowest BCUT2D eigenvalue weighted by Gasteiger charge is -2.04. The van der Waals surface area contributed by atoms with Gasteiger partial charge >= 0.3 is 0 Å². The molecule has 2 N–H and O–H groups in total. The third kappa shape index (κ3) is 1.39. The van der Waals surface area contributed by atoms with E-state index in [-0.39, 0.29) is 5.75 Å². The molecule has 0 bridgehead atoms. The van der Waals surface area contributed by atoms with Crippen LogP contribution in [0.3, 0.4) is 0 Å². The van der Waals surface area contributed by atoms with Crippen molar-refractivity contribution in [1.29, 1.82) is 0 Å². The highest BCUT2D eigenvalue weighted by atomic mass is 16.4. The molecule has 3 nitrogen and oxygen atoms in total. The topological polar surface area (TPSA) is 52.8 Å². The number of aromatic hydroxyl groups is 1. The molecular weight excluding hydrogens is 154 g/mol. The smallest absolute Gasteiger partial charge is 0.127 e. The molecule has 0 fully saturated rings. The Morgan fingerprint density at radius 3 is 2.67 bits per heavy atom. The van der Waals surface area contributed by atoms with Gasteiger partial charge in [0, 0.05) is 5.56 Å². The summed E-state index contributed by atoms with van der Waals surface area (Å²) < 4.78 is 0. The number of phenolic OH excluding ortho intramolecular Hbond substituents is 1. The normalized spacial score (nSPS) is 11.7. The molecule has 0 atom stereocenters. The first-order chi connectivity index (χ1) is 5.66. The average Bonchev–Trinajstić information content (AvgIpc) is 2.08. The highest BCUT2D eigenvalue weighted by Gasteiger charge is 2.05. The number of hydrogen-bond acceptors (Lipinski definition) is 3. The minimum Gasteiger partial charge on any atom is -0.507 e. The molecule has 0 aliphatic carbocycles. The van der Waals surface area contributed by atoms with E-state index in [2.05, 4.69) is 5.16 Å². The maximum absolute atomic E-state index is 9.51. The number of benzene rings is 1. The van der Waals surface area contributed by atoms with Crippen molar-refractivity contribution in [3.05, 3.63) is 29.3 Å². The zero-order valence-electron chi connectivity index (χ0n) is 7.07. The van der Waals surface area contributed by atoms with Gasteiger partial charge in [0.15, 0.2) is 0 Å². The summed E-state index contributed by atoms with van der Waals surface area (Å²) in [6.07, 6.45) is 0. The number of para-hydroxylation sites is 1. The summed E-state index contributed by atoms with van der Waals surface area (Å²) in [6, 6.07) is 5.31. The van der Waals surface area contributed by atoms with Gasteiger partial charge in [0.2, 0.25) is 0 Å². The third-order valence-corrected chi connectivity index (χ3v) is 1.78. The molecule has 1 aromatic rings. The van der Waals surface area contributed by atoms with E-state index >= 15 is 0 Å². The van der Waals surface area contributed by atoms with E-state index < -0.39 is 0 Å². The lowest BCUT2D eigenvalue weighted by Crippen LogP contribution is -1.95. The molecule has 0 aliphatic rings. The van der Waals surface area contributed by atoms with Crippen molar-refractivity contribution in [3.63, 3.8) is 0 Å². The third-order valence-electron chi connectivity index (χ3n) is 1.78. The van der Waals surface area contributed by atoms with E-state index in [1.54, 1.807) is 32.0 Å². The Morgan fingerprint density at radius 2 is 2.08 bits per heavy atom. The van der Waals surface area contributed by atoms with Crippen LogP contribution < -0.4 is 0 Å². The Hall–Kier alpha value is -1.51. The van der Waals surface area contributed by atoms with Gasteiger partial charge in [-0.3, -0.25) is 0 Å². The first kappa shape index (κ1) is 8.59. The molecule has 0 aromatic heterocycles. The van der Waals surface area contributed by atoms with Gasteiger partial charge in [0.1, 0.15) is 5.75 Å². The highest BCUT2D eigenvalue weighted by molar-refractivity contribution is 6.00. The van der Waals surface area contributed by atoms with Gasteiger partial charge in [0.05, 0.1) is 5.71 Å². The van der Waals surface area contributed by atoms with Gasteiger partial charge in [-0.1, -0.05) is 17.3 Å². The van der Waals surface area contributed by atoms with E-state index in [1.165, 1.54) is 0 Å². The van der Waals surface area contributed by atoms with Crippen LogP contribution in [0.15, 0.2) is 23.4 Å². The second-order valence-electron chi connectivity index (χ2n) is 2.66. The fourth-order valence-electron chi connectivity index (χ4n) is 1.00. The van der Waals surface area contributed by atoms with Crippen LogP contribution in [0, 0.1) is 6.92 Å². The molecule has 0 saturated heterocycles. The first-order valence-corrected chi connectivity index (χ1v) is 3.64. The molecule has 0 unspecified atom stereocenters. The molecule has 0 saturated carbocycles. The second kappa shape index (κ2) is 3.26. The molecule has 0 radical (unpaired) electrons. The minimum absolute atomic E-state index is 0.174. The van der Waals surface area contributed by atoms with Crippen molar-refractivity contribution in [2.75, 3.05) is 0 Å². The average molecular weight is 165 g/mol. The monoisotopic (exact) mass is 165 g/mol.